The molecule has 684 valence electrons. The van der Waals surface area contributed by atoms with Gasteiger partial charge in [0, 0.05) is 118 Å². The van der Waals surface area contributed by atoms with Crippen LogP contribution in [-0.4, -0.2) is 152 Å². The van der Waals surface area contributed by atoms with Crippen LogP contribution in [0.2, 0.25) is 20.1 Å². The van der Waals surface area contributed by atoms with Gasteiger partial charge >= 0.3 is 5.97 Å². The molecule has 0 bridgehead atoms. The third-order valence-corrected chi connectivity index (χ3v) is 30.0. The highest BCUT2D eigenvalue weighted by Crippen LogP contribution is 2.44. The van der Waals surface area contributed by atoms with Crippen molar-refractivity contribution in [3.63, 3.8) is 0 Å². The van der Waals surface area contributed by atoms with E-state index in [1.54, 1.807) is 102 Å². The van der Waals surface area contributed by atoms with E-state index in [0.29, 0.717) is 87.8 Å². The number of carbonyl (C=O) groups excluding carboxylic acids is 7. The van der Waals surface area contributed by atoms with Gasteiger partial charge in [-0.1, -0.05) is 192 Å². The second kappa shape index (κ2) is 43.9. The molecule has 14 heterocycles. The van der Waals surface area contributed by atoms with Crippen molar-refractivity contribution in [3.8, 4) is 45.0 Å². The smallest absolute Gasteiger partial charge is 0.345 e. The van der Waals surface area contributed by atoms with E-state index in [2.05, 4.69) is 72.7 Å². The lowest BCUT2D eigenvalue weighted by molar-refractivity contribution is 0.0620. The maximum atomic E-state index is 13.5. The maximum Gasteiger partial charge on any atom is 0.345 e. The summed E-state index contributed by atoms with van der Waals surface area (Å²) in [4.78, 5) is 110. The molecule has 7 amide bonds. The quantitative estimate of drug-likeness (QED) is 0.0261. The number of amides is 7. The zero-order chi connectivity index (χ0) is 92.8. The van der Waals surface area contributed by atoms with Gasteiger partial charge in [-0.05, 0) is 174 Å². The van der Waals surface area contributed by atoms with Crippen molar-refractivity contribution in [1.82, 2.24) is 64.9 Å². The summed E-state index contributed by atoms with van der Waals surface area (Å²) in [6, 6.07) is 61.0. The molecule has 4 atom stereocenters. The molecule has 133 heavy (non-hydrogen) atoms. The second-order valence-electron chi connectivity index (χ2n) is 33.1. The Bertz CT molecular complexity index is 6320. The fourth-order valence-corrected chi connectivity index (χ4v) is 22.6. The highest BCUT2D eigenvalue weighted by molar-refractivity contribution is 7.15. The number of benzene rings is 6. The molecule has 0 spiro atoms. The number of nitrogens with two attached hydrogens (primary N) is 3. The Morgan fingerprint density at radius 1 is 0.353 bits per heavy atom. The number of carboxylic acids is 1. The number of aromatic nitrogens is 8. The number of aryl methyl sites for hydroxylation is 12. The Hall–Kier alpha value is -11.8. The molecule has 8 aromatic heterocycles. The first-order chi connectivity index (χ1) is 64.6. The molecule has 6 aliphatic heterocycles. The van der Waals surface area contributed by atoms with Gasteiger partial charge in [0.2, 0.25) is 0 Å². The molecule has 20 rings (SSSR count). The Morgan fingerprint density at radius 3 is 0.902 bits per heavy atom. The molecule has 6 aliphatic rings. The third-order valence-electron chi connectivity index (χ3n) is 24.1. The van der Waals surface area contributed by atoms with Gasteiger partial charge in [-0.3, -0.25) is 62.1 Å². The number of imide groups is 2. The van der Waals surface area contributed by atoms with Crippen LogP contribution in [0.15, 0.2) is 219 Å². The Morgan fingerprint density at radius 2 is 0.609 bits per heavy atom. The van der Waals surface area contributed by atoms with Crippen molar-refractivity contribution in [2.45, 2.75) is 153 Å². The van der Waals surface area contributed by atoms with Crippen LogP contribution in [0, 0.1) is 0 Å². The van der Waals surface area contributed by atoms with E-state index in [1.807, 2.05) is 122 Å². The van der Waals surface area contributed by atoms with Crippen LogP contribution in [0.4, 0.5) is 0 Å². The molecule has 25 nitrogen and oxygen atoms in total. The molecule has 33 heteroatoms. The fourth-order valence-electron chi connectivity index (χ4n) is 17.2. The van der Waals surface area contributed by atoms with Crippen molar-refractivity contribution >= 4 is 139 Å². The molecule has 10 N–H and O–H groups in total. The summed E-state index contributed by atoms with van der Waals surface area (Å²) in [5.41, 5.74) is 32.0. The summed E-state index contributed by atoms with van der Waals surface area (Å²) >= 11 is 31.2. The highest BCUT2D eigenvalue weighted by atomic mass is 35.5. The number of aromatic carboxylic acids is 1. The van der Waals surface area contributed by atoms with E-state index in [9.17, 15) is 38.4 Å². The molecule has 0 saturated carbocycles. The number of fused-ring (bicyclic) bond motifs is 14. The van der Waals surface area contributed by atoms with Gasteiger partial charge in [0.15, 0.2) is 0 Å². The Balaban J connectivity index is 0.000000124. The molecule has 14 aromatic rings. The first kappa shape index (κ1) is 94.4. The van der Waals surface area contributed by atoms with Crippen LogP contribution in [0.25, 0.3) is 45.0 Å². The standard InChI is InChI=1S/C29H25ClN4O3S.2C21H23ClN4OS.C18H18N2O2.C11H9ClN2O2S/c30-23-16-31-34-14-6-11-24-22(26(23)34)15-25(38-24)27(35)32-19(13-12-18-7-2-1-3-8-18)17-33-28(36)20-9-4-5-10-21(20)29(33)37;2*22-17-13-24-26-10-4-7-18-16(20(17)26)11-19(28-18)21(27)25-15(12-23)9-8-14-5-2-1-3-6-14;19-14(11-10-13-6-2-1-3-7-13)12-20-17(21)15-8-4-5-9-16(15)18(20)22;12-7-5-13-14-3-1-2-8-6(10(7)14)4-9(17-8)11(15)16/h1-5,7-10,15-16,19H,6,11-14,17H2,(H,32,35);2*1-3,5-6,11,13,15H,4,7-10,12,23H2,(H,25,27);1-9,14H,10-12,19H2;4-5H,1-3H2,(H,15,16). The number of carbonyl (C=O) groups is 8. The van der Waals surface area contributed by atoms with E-state index in [-0.39, 0.29) is 72.6 Å². The van der Waals surface area contributed by atoms with E-state index in [1.165, 1.54) is 58.9 Å². The second-order valence-corrected chi connectivity index (χ2v) is 39.3. The van der Waals surface area contributed by atoms with Gasteiger partial charge in [-0.25, -0.2) is 4.79 Å². The molecule has 0 saturated heterocycles. The van der Waals surface area contributed by atoms with Crippen molar-refractivity contribution in [2.75, 3.05) is 26.2 Å². The lowest BCUT2D eigenvalue weighted by Crippen LogP contribution is -2.46. The largest absolute Gasteiger partial charge is 0.477 e. The number of thiophene rings is 4. The van der Waals surface area contributed by atoms with E-state index in [0.717, 1.165) is 176 Å². The Labute approximate surface area is 805 Å². The number of nitrogens with zero attached hydrogens (tertiary/aromatic N) is 10. The van der Waals surface area contributed by atoms with Crippen molar-refractivity contribution in [3.05, 3.63) is 323 Å². The van der Waals surface area contributed by atoms with E-state index < -0.39 is 12.0 Å². The molecular formula is C100H98Cl4N16O9S4. The van der Waals surface area contributed by atoms with Crippen molar-refractivity contribution < 1.29 is 43.5 Å². The summed E-state index contributed by atoms with van der Waals surface area (Å²) in [5.74, 6) is -2.37. The maximum absolute atomic E-state index is 13.5. The Kier molecular flexibility index (Phi) is 31.1. The van der Waals surface area contributed by atoms with Crippen LogP contribution < -0.4 is 33.2 Å². The van der Waals surface area contributed by atoms with Gasteiger partial charge < -0.3 is 38.3 Å². The highest BCUT2D eigenvalue weighted by Gasteiger charge is 2.39. The first-order valence-electron chi connectivity index (χ1n) is 44.4. The van der Waals surface area contributed by atoms with E-state index in [4.69, 9.17) is 68.7 Å². The average molecular weight is 1940 g/mol. The molecule has 0 radical (unpaired) electrons. The lowest BCUT2D eigenvalue weighted by Gasteiger charge is -2.23. The number of hydrogen-bond donors (Lipinski definition) is 7. The topological polar surface area (TPSA) is 349 Å². The minimum Gasteiger partial charge on any atom is -0.477 e. The van der Waals surface area contributed by atoms with Crippen LogP contribution in [-0.2, 0) is 77.5 Å². The normalized spacial score (nSPS) is 14.5. The van der Waals surface area contributed by atoms with Crippen LogP contribution in [0.1, 0.15) is 173 Å². The third kappa shape index (κ3) is 22.3. The summed E-state index contributed by atoms with van der Waals surface area (Å²) in [7, 11) is 0. The molecule has 0 fully saturated rings. The summed E-state index contributed by atoms with van der Waals surface area (Å²) in [6.45, 7) is 4.51. The van der Waals surface area contributed by atoms with E-state index >= 15 is 0 Å². The number of nitrogens with one attached hydrogen (secondary N) is 3. The lowest BCUT2D eigenvalue weighted by atomic mass is 10.0. The monoisotopic (exact) mass is 1930 g/mol. The number of hydrogen-bond acceptors (Lipinski definition) is 19. The summed E-state index contributed by atoms with van der Waals surface area (Å²) < 4.78 is 7.62. The average Bonchev–Trinajstić information content (AvgIpc) is 1.19. The molecule has 6 aromatic carbocycles. The van der Waals surface area contributed by atoms with Crippen molar-refractivity contribution in [2.24, 2.45) is 17.2 Å². The van der Waals surface area contributed by atoms with Gasteiger partial charge in [0.25, 0.3) is 41.4 Å². The predicted octanol–water partition coefficient (Wildman–Crippen LogP) is 18.2. The van der Waals surface area contributed by atoms with Gasteiger partial charge in [-0.2, -0.15) is 20.4 Å². The van der Waals surface area contributed by atoms with Crippen molar-refractivity contribution in [1.29, 1.82) is 0 Å². The number of carboxylic acid groups (broad SMARTS) is 1. The van der Waals surface area contributed by atoms with Crippen LogP contribution in [0.5, 0.6) is 0 Å². The SMILES string of the molecule is NC(CCc1ccccc1)CN1C(=O)c2ccccc2C1=O.NCC(CCc1ccccc1)NC(=O)c1cc2c(s1)CCCn1ncc(Cl)c1-2.NCC(CCc1ccccc1)NC(=O)c1cc2c(s1)CCCn1ncc(Cl)c1-2.O=C(NC(CCc1ccccc1)CN1C(=O)c2ccccc2C1=O)c1cc2c(s1)CCCn1ncc(Cl)c1-2.O=C(O)c1cc2c(s1)CCCn1ncc(Cl)c1-2. The predicted molar refractivity (Wildman–Crippen MR) is 525 cm³/mol. The molecule has 4 unspecified atom stereocenters. The van der Waals surface area contributed by atoms with Gasteiger partial charge in [0.05, 0.1) is 105 Å². The number of halogens is 4. The van der Waals surface area contributed by atoms with Gasteiger partial charge in [-0.15, -0.1) is 45.3 Å². The zero-order valence-corrected chi connectivity index (χ0v) is 78.9. The summed E-state index contributed by atoms with van der Waals surface area (Å²) in [5, 5.41) is 38.1. The van der Waals surface area contributed by atoms with Gasteiger partial charge in [0.1, 0.15) is 4.88 Å². The van der Waals surface area contributed by atoms with Crippen LogP contribution in [0.3, 0.4) is 0 Å². The number of rotatable bonds is 25. The summed E-state index contributed by atoms with van der Waals surface area (Å²) in [6.07, 6.45) is 20.3. The molecular weight excluding hydrogens is 1840 g/mol. The fraction of sp³-hybridized carbons (Fsp3) is 0.280. The van der Waals surface area contributed by atoms with Crippen LogP contribution >= 0.6 is 91.8 Å². The minimum absolute atomic E-state index is 0.0521. The zero-order valence-electron chi connectivity index (χ0n) is 72.6. The first-order valence-corrected chi connectivity index (χ1v) is 49.2. The minimum atomic E-state index is -0.884. The molecule has 0 aliphatic carbocycles.